The fraction of sp³-hybridized carbons (Fsp3) is 0.0769. The van der Waals surface area contributed by atoms with E-state index in [1.165, 1.54) is 9.75 Å². The first kappa shape index (κ1) is 20.2. The maximum Gasteiger partial charge on any atom is 0.196 e. The fourth-order valence-corrected chi connectivity index (χ4v) is 5.16. The summed E-state index contributed by atoms with van der Waals surface area (Å²) in [6.45, 7) is 4.11. The summed E-state index contributed by atoms with van der Waals surface area (Å²) in [5.41, 5.74) is 2.11. The number of hydrogen-bond acceptors (Lipinski definition) is 4. The number of Topliss-reactive ketones (excluding diaryl/α,β-unsaturated/α-hetero) is 2. The van der Waals surface area contributed by atoms with Crippen molar-refractivity contribution in [1.82, 2.24) is 0 Å². The van der Waals surface area contributed by atoms with Crippen molar-refractivity contribution in [2.75, 3.05) is 0 Å². The highest BCUT2D eigenvalue weighted by molar-refractivity contribution is 7.22. The molecule has 2 nitrogen and oxygen atoms in total. The van der Waals surface area contributed by atoms with Crippen molar-refractivity contribution in [1.29, 1.82) is 0 Å². The van der Waals surface area contributed by atoms with Crippen LogP contribution in [0.1, 0.15) is 36.0 Å². The number of ketones is 2. The van der Waals surface area contributed by atoms with Gasteiger partial charge < -0.3 is 0 Å². The van der Waals surface area contributed by atoms with Crippen LogP contribution in [0.3, 0.4) is 0 Å². The average molecular weight is 429 g/mol. The number of aryl methyl sites for hydroxylation is 2. The van der Waals surface area contributed by atoms with Gasteiger partial charge >= 0.3 is 0 Å². The highest BCUT2D eigenvalue weighted by Crippen LogP contribution is 2.36. The van der Waals surface area contributed by atoms with Gasteiger partial charge in [0, 0.05) is 30.6 Å². The van der Waals surface area contributed by atoms with Crippen LogP contribution in [0.5, 0.6) is 0 Å². The number of benzene rings is 2. The Morgan fingerprint density at radius 3 is 1.77 bits per heavy atom. The Morgan fingerprint density at radius 2 is 1.27 bits per heavy atom. The van der Waals surface area contributed by atoms with E-state index in [1.54, 1.807) is 53.0 Å². The predicted octanol–water partition coefficient (Wildman–Crippen LogP) is 7.24. The van der Waals surface area contributed by atoms with Crippen LogP contribution in [0.4, 0.5) is 0 Å². The van der Waals surface area contributed by atoms with Crippen molar-refractivity contribution in [2.45, 2.75) is 13.8 Å². The van der Waals surface area contributed by atoms with Gasteiger partial charge in [0.25, 0.3) is 0 Å². The summed E-state index contributed by atoms with van der Waals surface area (Å²) in [4.78, 5) is 31.2. The van der Waals surface area contributed by atoms with E-state index in [2.05, 4.69) is 25.1 Å². The molecule has 0 saturated carbocycles. The van der Waals surface area contributed by atoms with E-state index in [0.717, 1.165) is 15.3 Å². The van der Waals surface area contributed by atoms with Gasteiger partial charge in [-0.25, -0.2) is 0 Å². The molecular weight excluding hydrogens is 408 g/mol. The predicted molar refractivity (Wildman–Crippen MR) is 127 cm³/mol. The average Bonchev–Trinajstić information content (AvgIpc) is 3.37. The van der Waals surface area contributed by atoms with Crippen molar-refractivity contribution in [3.05, 3.63) is 111 Å². The molecule has 0 unspecified atom stereocenters. The summed E-state index contributed by atoms with van der Waals surface area (Å²) >= 11 is 3.43. The maximum atomic E-state index is 13.3. The van der Waals surface area contributed by atoms with E-state index in [0.29, 0.717) is 11.1 Å². The molecule has 0 amide bonds. The zero-order valence-electron chi connectivity index (χ0n) is 16.7. The van der Waals surface area contributed by atoms with Crippen molar-refractivity contribution in [3.8, 4) is 9.75 Å². The molecule has 2 aromatic carbocycles. The molecule has 30 heavy (non-hydrogen) atoms. The molecule has 4 rings (SSSR count). The molecule has 4 heteroatoms. The van der Waals surface area contributed by atoms with Gasteiger partial charge in [0.15, 0.2) is 11.6 Å². The molecule has 0 spiro atoms. The van der Waals surface area contributed by atoms with E-state index in [4.69, 9.17) is 0 Å². The molecule has 2 heterocycles. The second-order valence-corrected chi connectivity index (χ2v) is 9.53. The number of allylic oxidation sites excluding steroid dienone is 1. The van der Waals surface area contributed by atoms with Crippen LogP contribution in [0.25, 0.3) is 15.8 Å². The van der Waals surface area contributed by atoms with E-state index >= 15 is 0 Å². The lowest BCUT2D eigenvalue weighted by Crippen LogP contribution is -2.13. The second kappa shape index (κ2) is 8.74. The summed E-state index contributed by atoms with van der Waals surface area (Å²) in [7, 11) is 0. The van der Waals surface area contributed by atoms with Gasteiger partial charge in [0.2, 0.25) is 0 Å². The smallest absolute Gasteiger partial charge is 0.196 e. The van der Waals surface area contributed by atoms with E-state index in [9.17, 15) is 9.59 Å². The van der Waals surface area contributed by atoms with Crippen LogP contribution in [0, 0.1) is 13.8 Å². The minimum absolute atomic E-state index is 0.183. The van der Waals surface area contributed by atoms with Crippen LogP contribution < -0.4 is 0 Å². The summed E-state index contributed by atoms with van der Waals surface area (Å²) in [5.74, 6) is -0.521. The highest BCUT2D eigenvalue weighted by Gasteiger charge is 2.22. The molecule has 2 aromatic heterocycles. The summed E-state index contributed by atoms with van der Waals surface area (Å²) in [6, 6.07) is 24.2. The molecule has 148 valence electrons. The van der Waals surface area contributed by atoms with Crippen molar-refractivity contribution >= 4 is 40.3 Å². The largest absolute Gasteiger partial charge is 0.288 e. The molecule has 0 aliphatic heterocycles. The van der Waals surface area contributed by atoms with Crippen LogP contribution >= 0.6 is 22.7 Å². The van der Waals surface area contributed by atoms with E-state index < -0.39 is 0 Å². The molecule has 0 radical (unpaired) electrons. The molecular formula is C26H20O2S2. The number of carbonyl (C=O) groups is 2. The number of carbonyl (C=O) groups excluding carboxylic acids is 2. The van der Waals surface area contributed by atoms with Crippen molar-refractivity contribution in [3.63, 3.8) is 0 Å². The third-order valence-corrected chi connectivity index (χ3v) is 7.06. The van der Waals surface area contributed by atoms with Crippen molar-refractivity contribution < 1.29 is 9.59 Å². The fourth-order valence-electron chi connectivity index (χ4n) is 3.21. The van der Waals surface area contributed by atoms with E-state index in [-0.39, 0.29) is 17.1 Å². The van der Waals surface area contributed by atoms with Crippen LogP contribution in [-0.4, -0.2) is 11.6 Å². The van der Waals surface area contributed by atoms with Gasteiger partial charge in [-0.1, -0.05) is 60.7 Å². The third kappa shape index (κ3) is 4.25. The molecule has 0 saturated heterocycles. The Kier molecular flexibility index (Phi) is 5.88. The topological polar surface area (TPSA) is 34.1 Å². The lowest BCUT2D eigenvalue weighted by Gasteiger charge is -2.07. The molecule has 0 aliphatic rings. The molecule has 0 bridgehead atoms. The summed E-state index contributed by atoms with van der Waals surface area (Å²) in [6.07, 6.45) is 1.75. The zero-order chi connectivity index (χ0) is 21.1. The van der Waals surface area contributed by atoms with Gasteiger partial charge in [0.05, 0.1) is 5.57 Å². The highest BCUT2D eigenvalue weighted by atomic mass is 32.1. The monoisotopic (exact) mass is 428 g/mol. The Balaban J connectivity index is 1.80. The molecule has 4 aromatic rings. The lowest BCUT2D eigenvalue weighted by molar-refractivity contribution is 0.0964. The molecule has 0 fully saturated rings. The van der Waals surface area contributed by atoms with Crippen LogP contribution in [0.2, 0.25) is 0 Å². The van der Waals surface area contributed by atoms with Crippen molar-refractivity contribution in [2.24, 2.45) is 0 Å². The Bertz CT molecular complexity index is 1180. The third-order valence-electron chi connectivity index (χ3n) is 4.80. The standard InChI is InChI=1S/C26H20O2S2/c1-17-13-14-23(29-17)24-16-21(18(2)30-24)15-22(25(27)19-9-5-3-6-10-19)26(28)20-11-7-4-8-12-20/h3-16H,1-2H3. The second-order valence-electron chi connectivity index (χ2n) is 6.98. The lowest BCUT2D eigenvalue weighted by atomic mass is 9.94. The minimum atomic E-state index is -0.261. The number of thiophene rings is 2. The van der Waals surface area contributed by atoms with Gasteiger partial charge in [-0.05, 0) is 43.7 Å². The van der Waals surface area contributed by atoms with Crippen LogP contribution in [-0.2, 0) is 0 Å². The molecule has 0 N–H and O–H groups in total. The normalized spacial score (nSPS) is 10.6. The first-order valence-electron chi connectivity index (χ1n) is 9.61. The van der Waals surface area contributed by atoms with Crippen LogP contribution in [0.15, 0.2) is 84.4 Å². The SMILES string of the molecule is Cc1ccc(-c2cc(C=C(C(=O)c3ccccc3)C(=O)c3ccccc3)c(C)s2)s1. The quantitative estimate of drug-likeness (QED) is 0.140. The Hall–Kier alpha value is -3.08. The minimum Gasteiger partial charge on any atom is -0.288 e. The number of hydrogen-bond donors (Lipinski definition) is 0. The van der Waals surface area contributed by atoms with E-state index in [1.807, 2.05) is 43.3 Å². The van der Waals surface area contributed by atoms with Gasteiger partial charge in [-0.3, -0.25) is 9.59 Å². The molecule has 0 aliphatic carbocycles. The first-order chi connectivity index (χ1) is 14.5. The van der Waals surface area contributed by atoms with Gasteiger partial charge in [-0.15, -0.1) is 22.7 Å². The summed E-state index contributed by atoms with van der Waals surface area (Å²) < 4.78 is 0. The summed E-state index contributed by atoms with van der Waals surface area (Å²) in [5, 5.41) is 0. The Morgan fingerprint density at radius 1 is 0.700 bits per heavy atom. The van der Waals surface area contributed by atoms with Gasteiger partial charge in [0.1, 0.15) is 0 Å². The Labute approximate surface area is 184 Å². The zero-order valence-corrected chi connectivity index (χ0v) is 18.3. The first-order valence-corrected chi connectivity index (χ1v) is 11.2. The maximum absolute atomic E-state index is 13.3. The van der Waals surface area contributed by atoms with Gasteiger partial charge in [-0.2, -0.15) is 0 Å². The molecule has 0 atom stereocenters. The number of rotatable bonds is 6.